The Morgan fingerprint density at radius 1 is 1.11 bits per heavy atom. The molecule has 1 aliphatic heterocycles. The highest BCUT2D eigenvalue weighted by atomic mass is 19.1. The SMILES string of the molecule is COc1nccc(-c2ccc3c(c2)cc(C(=O)N2CCc4nn(-c5cc(C)c(F)c(C)c5)c(-n5cc[nH]c5=O)c4[C@@H]2C)n3[C@@]2([C@@H](N)NC(C)=O)C[C@@H]2C)c1C. The molecule has 1 saturated carbocycles. The zero-order valence-corrected chi connectivity index (χ0v) is 31.9. The number of halogens is 1. The maximum absolute atomic E-state index is 15.2. The van der Waals surface area contributed by atoms with E-state index < -0.39 is 17.7 Å². The summed E-state index contributed by atoms with van der Waals surface area (Å²) >= 11 is 0. The number of benzene rings is 2. The summed E-state index contributed by atoms with van der Waals surface area (Å²) in [5.41, 5.74) is 12.7. The molecular formula is C41H44FN9O4. The number of H-pyrrole nitrogens is 1. The van der Waals surface area contributed by atoms with Crippen LogP contribution in [0.4, 0.5) is 4.39 Å². The molecule has 14 heteroatoms. The van der Waals surface area contributed by atoms with Crippen molar-refractivity contribution in [2.24, 2.45) is 11.7 Å². The van der Waals surface area contributed by atoms with Gasteiger partial charge in [-0.05, 0) is 98.7 Å². The number of ether oxygens (including phenoxy) is 1. The number of carbonyl (C=O) groups is 2. The highest BCUT2D eigenvalue weighted by Crippen LogP contribution is 2.54. The number of aromatic nitrogens is 6. The van der Waals surface area contributed by atoms with Crippen LogP contribution in [-0.4, -0.2) is 65.4 Å². The molecular weight excluding hydrogens is 702 g/mol. The van der Waals surface area contributed by atoms with E-state index in [1.165, 1.54) is 11.5 Å². The van der Waals surface area contributed by atoms with Gasteiger partial charge < -0.3 is 30.2 Å². The maximum Gasteiger partial charge on any atom is 0.331 e. The first-order chi connectivity index (χ1) is 26.3. The normalized spacial score (nSPS) is 19.7. The molecule has 13 nitrogen and oxygen atoms in total. The molecule has 284 valence electrons. The number of methoxy groups -OCH3 is 1. The second-order valence-corrected chi connectivity index (χ2v) is 15.0. The van der Waals surface area contributed by atoms with E-state index in [0.29, 0.717) is 53.6 Å². The largest absolute Gasteiger partial charge is 0.481 e. The van der Waals surface area contributed by atoms with E-state index in [9.17, 15) is 14.0 Å². The molecule has 0 spiro atoms. The fourth-order valence-electron chi connectivity index (χ4n) is 8.71. The summed E-state index contributed by atoms with van der Waals surface area (Å²) in [6.45, 7) is 11.2. The first kappa shape index (κ1) is 36.0. The Morgan fingerprint density at radius 2 is 1.84 bits per heavy atom. The summed E-state index contributed by atoms with van der Waals surface area (Å²) in [6.07, 6.45) is 5.21. The lowest BCUT2D eigenvalue weighted by Crippen LogP contribution is -2.53. The Hall–Kier alpha value is -6.02. The molecule has 1 aliphatic carbocycles. The molecule has 8 rings (SSSR count). The molecule has 55 heavy (non-hydrogen) atoms. The number of amides is 2. The van der Waals surface area contributed by atoms with E-state index in [1.807, 2.05) is 47.6 Å². The van der Waals surface area contributed by atoms with Gasteiger partial charge in [-0.25, -0.2) is 18.9 Å². The van der Waals surface area contributed by atoms with Gasteiger partial charge >= 0.3 is 5.69 Å². The van der Waals surface area contributed by atoms with Crippen molar-refractivity contribution in [3.8, 4) is 28.5 Å². The number of aryl methyl sites for hydroxylation is 2. The summed E-state index contributed by atoms with van der Waals surface area (Å²) in [7, 11) is 1.59. The third kappa shape index (κ3) is 5.57. The van der Waals surface area contributed by atoms with E-state index in [2.05, 4.69) is 28.3 Å². The standard InChI is InChI=1S/C41H44FN9O4/c1-21-16-29(17-22(2)35(21)42)51-37(49-15-13-45-40(49)54)34-25(5)48(14-11-31(34)47-51)38(53)33-19-28-18-27(30-10-12-44-36(55-7)24(30)4)8-9-32(28)50(33)41(20-23(41)3)39(43)46-26(6)52/h8-10,12-13,15-19,23,25,39H,11,14,20,43H2,1-7H3,(H,45,54)(H,46,52)/t23-,25-,39-,41-/m0/s1. The lowest BCUT2D eigenvalue weighted by Gasteiger charge is -2.35. The fraction of sp³-hybridized carbons (Fsp3) is 0.341. The van der Waals surface area contributed by atoms with Crippen LogP contribution < -0.4 is 21.5 Å². The Kier molecular flexibility index (Phi) is 8.56. The number of nitrogens with zero attached hydrogens (tertiary/aromatic N) is 6. The smallest absolute Gasteiger partial charge is 0.331 e. The number of fused-ring (bicyclic) bond motifs is 2. The van der Waals surface area contributed by atoms with E-state index in [-0.39, 0.29) is 29.2 Å². The molecule has 4 aromatic heterocycles. The van der Waals surface area contributed by atoms with Crippen LogP contribution in [0.1, 0.15) is 71.7 Å². The fourth-order valence-corrected chi connectivity index (χ4v) is 8.71. The number of rotatable bonds is 8. The van der Waals surface area contributed by atoms with Crippen LogP contribution >= 0.6 is 0 Å². The first-order valence-corrected chi connectivity index (χ1v) is 18.4. The van der Waals surface area contributed by atoms with Crippen molar-refractivity contribution in [2.75, 3.05) is 13.7 Å². The Bertz CT molecular complexity index is 2580. The minimum absolute atomic E-state index is 0.0567. The predicted molar refractivity (Wildman–Crippen MR) is 206 cm³/mol. The molecule has 0 bridgehead atoms. The Morgan fingerprint density at radius 3 is 2.47 bits per heavy atom. The molecule has 2 amide bonds. The van der Waals surface area contributed by atoms with Crippen LogP contribution in [-0.2, 0) is 16.8 Å². The van der Waals surface area contributed by atoms with Crippen molar-refractivity contribution >= 4 is 22.7 Å². The lowest BCUT2D eigenvalue weighted by atomic mass is 9.98. The topological polar surface area (TPSA) is 158 Å². The second-order valence-electron chi connectivity index (χ2n) is 15.0. The average Bonchev–Trinajstić information content (AvgIpc) is 3.46. The number of nitrogens with one attached hydrogen (secondary N) is 2. The van der Waals surface area contributed by atoms with Crippen LogP contribution in [0, 0.1) is 32.5 Å². The highest BCUT2D eigenvalue weighted by Gasteiger charge is 2.59. The summed E-state index contributed by atoms with van der Waals surface area (Å²) < 4.78 is 25.5. The first-order valence-electron chi connectivity index (χ1n) is 18.4. The van der Waals surface area contributed by atoms with Crippen LogP contribution in [0.15, 0.2) is 65.8 Å². The van der Waals surface area contributed by atoms with Gasteiger partial charge in [0.05, 0.1) is 30.1 Å². The van der Waals surface area contributed by atoms with Crippen molar-refractivity contribution in [3.63, 3.8) is 0 Å². The number of carbonyl (C=O) groups excluding carboxylic acids is 2. The molecule has 5 heterocycles. The van der Waals surface area contributed by atoms with Gasteiger partial charge in [-0.1, -0.05) is 13.0 Å². The second kappa shape index (κ2) is 13.1. The molecule has 0 radical (unpaired) electrons. The van der Waals surface area contributed by atoms with Crippen molar-refractivity contribution in [1.82, 2.24) is 39.1 Å². The average molecular weight is 746 g/mol. The van der Waals surface area contributed by atoms with E-state index in [4.69, 9.17) is 15.6 Å². The highest BCUT2D eigenvalue weighted by molar-refractivity contribution is 6.00. The van der Waals surface area contributed by atoms with Crippen molar-refractivity contribution in [3.05, 3.63) is 111 Å². The van der Waals surface area contributed by atoms with Crippen molar-refractivity contribution in [2.45, 2.75) is 72.1 Å². The quantitative estimate of drug-likeness (QED) is 0.177. The number of imidazole rings is 1. The van der Waals surface area contributed by atoms with Gasteiger partial charge in [-0.15, -0.1) is 0 Å². The summed E-state index contributed by atoms with van der Waals surface area (Å²) in [5, 5.41) is 8.73. The van der Waals surface area contributed by atoms with Crippen molar-refractivity contribution < 1.29 is 18.7 Å². The molecule has 2 aromatic carbocycles. The number of hydrogen-bond donors (Lipinski definition) is 3. The minimum Gasteiger partial charge on any atom is -0.481 e. The minimum atomic E-state index is -0.758. The molecule has 4 atom stereocenters. The third-order valence-corrected chi connectivity index (χ3v) is 11.6. The molecule has 4 N–H and O–H groups in total. The molecule has 1 fully saturated rings. The van der Waals surface area contributed by atoms with E-state index >= 15 is 4.79 Å². The Balaban J connectivity index is 1.28. The number of aromatic amines is 1. The van der Waals surface area contributed by atoms with Crippen LogP contribution in [0.2, 0.25) is 0 Å². The van der Waals surface area contributed by atoms with Crippen LogP contribution in [0.3, 0.4) is 0 Å². The molecule has 2 aliphatic rings. The lowest BCUT2D eigenvalue weighted by molar-refractivity contribution is -0.120. The van der Waals surface area contributed by atoms with Gasteiger partial charge in [-0.2, -0.15) is 5.10 Å². The zero-order valence-electron chi connectivity index (χ0n) is 31.9. The van der Waals surface area contributed by atoms with Gasteiger partial charge in [0.2, 0.25) is 11.8 Å². The van der Waals surface area contributed by atoms with Crippen LogP contribution in [0.5, 0.6) is 5.88 Å². The summed E-state index contributed by atoms with van der Waals surface area (Å²) in [4.78, 5) is 49.6. The van der Waals surface area contributed by atoms with Gasteiger partial charge in [0, 0.05) is 60.5 Å². The van der Waals surface area contributed by atoms with Gasteiger partial charge in [0.25, 0.3) is 5.91 Å². The summed E-state index contributed by atoms with van der Waals surface area (Å²) in [6, 6.07) is 12.8. The third-order valence-electron chi connectivity index (χ3n) is 11.6. The molecule has 6 aromatic rings. The van der Waals surface area contributed by atoms with Crippen molar-refractivity contribution in [1.29, 1.82) is 0 Å². The zero-order chi connectivity index (χ0) is 39.1. The van der Waals surface area contributed by atoms with Gasteiger partial charge in [0.1, 0.15) is 23.5 Å². The molecule has 0 saturated heterocycles. The van der Waals surface area contributed by atoms with Gasteiger partial charge in [0.15, 0.2) is 0 Å². The number of hydrogen-bond acceptors (Lipinski definition) is 7. The van der Waals surface area contributed by atoms with Gasteiger partial charge in [-0.3, -0.25) is 14.2 Å². The van der Waals surface area contributed by atoms with E-state index in [1.54, 1.807) is 56.4 Å². The molecule has 0 unspecified atom stereocenters. The number of pyridine rings is 1. The monoisotopic (exact) mass is 745 g/mol. The Labute approximate surface area is 316 Å². The van der Waals surface area contributed by atoms with Crippen LogP contribution in [0.25, 0.3) is 33.5 Å². The maximum atomic E-state index is 15.2. The van der Waals surface area contributed by atoms with E-state index in [0.717, 1.165) is 38.9 Å². The predicted octanol–water partition coefficient (Wildman–Crippen LogP) is 5.36. The number of nitrogens with two attached hydrogens (primary N) is 1. The summed E-state index contributed by atoms with van der Waals surface area (Å²) in [5.74, 6) is 0.287.